The molecule has 2 heterocycles. The molecule has 0 fully saturated rings. The summed E-state index contributed by atoms with van der Waals surface area (Å²) in [5.74, 6) is 0.745. The van der Waals surface area contributed by atoms with Crippen LogP contribution in [0.1, 0.15) is 12.1 Å². The predicted molar refractivity (Wildman–Crippen MR) is 64.3 cm³/mol. The molecule has 0 aliphatic rings. The van der Waals surface area contributed by atoms with Gasteiger partial charge in [0.15, 0.2) is 0 Å². The Morgan fingerprint density at radius 3 is 3.12 bits per heavy atom. The molecule has 0 aliphatic heterocycles. The maximum absolute atomic E-state index is 8.71. The lowest BCUT2D eigenvalue weighted by Crippen LogP contribution is -2.07. The van der Waals surface area contributed by atoms with Gasteiger partial charge < -0.3 is 9.88 Å². The zero-order valence-electron chi connectivity index (χ0n) is 9.37. The maximum Gasteiger partial charge on any atom is 0.142 e. The molecule has 86 valence electrons. The van der Waals surface area contributed by atoms with Crippen molar-refractivity contribution < 1.29 is 0 Å². The van der Waals surface area contributed by atoms with Gasteiger partial charge in [0.25, 0.3) is 0 Å². The average Bonchev–Trinajstić information content (AvgIpc) is 2.88. The van der Waals surface area contributed by atoms with Crippen LogP contribution in [0.2, 0.25) is 0 Å². The van der Waals surface area contributed by atoms with Crippen molar-refractivity contribution in [2.75, 3.05) is 11.9 Å². The largest absolute Gasteiger partial charge is 0.370 e. The summed E-state index contributed by atoms with van der Waals surface area (Å²) in [6.07, 6.45) is 6.49. The van der Waals surface area contributed by atoms with Crippen LogP contribution in [0.15, 0.2) is 36.9 Å². The van der Waals surface area contributed by atoms with Gasteiger partial charge >= 0.3 is 0 Å². The Bertz CT molecular complexity index is 498. The SMILES string of the molecule is N#Cc1cccc(NCCCn2ccnc2)n1. The van der Waals surface area contributed by atoms with Crippen LogP contribution in [0.3, 0.4) is 0 Å². The summed E-state index contributed by atoms with van der Waals surface area (Å²) in [6, 6.07) is 7.39. The number of hydrogen-bond donors (Lipinski definition) is 1. The molecule has 0 amide bonds. The van der Waals surface area contributed by atoms with Crippen LogP contribution in [0.4, 0.5) is 5.82 Å². The minimum absolute atomic E-state index is 0.435. The Labute approximate surface area is 99.7 Å². The molecule has 0 unspecified atom stereocenters. The number of anilines is 1. The lowest BCUT2D eigenvalue weighted by atomic mass is 10.3. The molecule has 0 bridgehead atoms. The molecule has 0 spiro atoms. The molecule has 17 heavy (non-hydrogen) atoms. The number of hydrogen-bond acceptors (Lipinski definition) is 4. The Balaban J connectivity index is 1.76. The Hall–Kier alpha value is -2.35. The third-order valence-electron chi connectivity index (χ3n) is 2.32. The minimum atomic E-state index is 0.435. The van der Waals surface area contributed by atoms with E-state index in [0.29, 0.717) is 5.69 Å². The number of pyridine rings is 1. The summed E-state index contributed by atoms with van der Waals surface area (Å²) in [6.45, 7) is 1.74. The third-order valence-corrected chi connectivity index (χ3v) is 2.32. The molecule has 5 nitrogen and oxygen atoms in total. The highest BCUT2D eigenvalue weighted by Gasteiger charge is 1.96. The van der Waals surface area contributed by atoms with Crippen molar-refractivity contribution in [1.82, 2.24) is 14.5 Å². The van der Waals surface area contributed by atoms with Gasteiger partial charge in [0.1, 0.15) is 17.6 Å². The first-order valence-corrected chi connectivity index (χ1v) is 5.45. The molecular formula is C12H13N5. The van der Waals surface area contributed by atoms with Gasteiger partial charge in [-0.3, -0.25) is 0 Å². The molecule has 0 saturated carbocycles. The monoisotopic (exact) mass is 227 g/mol. The van der Waals surface area contributed by atoms with Crippen molar-refractivity contribution in [3.63, 3.8) is 0 Å². The lowest BCUT2D eigenvalue weighted by molar-refractivity contribution is 0.660. The molecule has 2 aromatic rings. The quantitative estimate of drug-likeness (QED) is 0.789. The fourth-order valence-electron chi connectivity index (χ4n) is 1.49. The predicted octanol–water partition coefficient (Wildman–Crippen LogP) is 1.65. The zero-order chi connectivity index (χ0) is 11.9. The molecule has 0 saturated heterocycles. The zero-order valence-corrected chi connectivity index (χ0v) is 9.37. The molecule has 0 aliphatic carbocycles. The number of nitrogens with zero attached hydrogens (tertiary/aromatic N) is 4. The third kappa shape index (κ3) is 3.31. The van der Waals surface area contributed by atoms with E-state index >= 15 is 0 Å². The summed E-state index contributed by atoms with van der Waals surface area (Å²) in [5.41, 5.74) is 0.435. The number of rotatable bonds is 5. The number of nitriles is 1. The van der Waals surface area contributed by atoms with E-state index in [4.69, 9.17) is 5.26 Å². The Morgan fingerprint density at radius 1 is 1.41 bits per heavy atom. The summed E-state index contributed by atoms with van der Waals surface area (Å²) >= 11 is 0. The van der Waals surface area contributed by atoms with Gasteiger partial charge in [-0.2, -0.15) is 5.26 Å². The summed E-state index contributed by atoms with van der Waals surface area (Å²) in [5, 5.41) is 11.9. The lowest BCUT2D eigenvalue weighted by Gasteiger charge is -2.05. The van der Waals surface area contributed by atoms with E-state index in [1.807, 2.05) is 29.0 Å². The first-order chi connectivity index (χ1) is 8.38. The van der Waals surface area contributed by atoms with Gasteiger partial charge in [-0.15, -0.1) is 0 Å². The topological polar surface area (TPSA) is 66.5 Å². The van der Waals surface area contributed by atoms with Gasteiger partial charge in [0.2, 0.25) is 0 Å². The van der Waals surface area contributed by atoms with Gasteiger partial charge in [0.05, 0.1) is 6.33 Å². The summed E-state index contributed by atoms with van der Waals surface area (Å²) in [7, 11) is 0. The van der Waals surface area contributed by atoms with Gasteiger partial charge in [-0.25, -0.2) is 9.97 Å². The molecule has 1 N–H and O–H groups in total. The van der Waals surface area contributed by atoms with Crippen molar-refractivity contribution in [2.24, 2.45) is 0 Å². The second-order valence-electron chi connectivity index (χ2n) is 3.60. The molecule has 0 radical (unpaired) electrons. The van der Waals surface area contributed by atoms with Crippen LogP contribution in [-0.2, 0) is 6.54 Å². The van der Waals surface area contributed by atoms with Gasteiger partial charge in [-0.05, 0) is 18.6 Å². The molecule has 5 heteroatoms. The van der Waals surface area contributed by atoms with Crippen LogP contribution in [0.5, 0.6) is 0 Å². The van der Waals surface area contributed by atoms with Crippen LogP contribution in [0, 0.1) is 11.3 Å². The second kappa shape index (κ2) is 5.66. The van der Waals surface area contributed by atoms with Gasteiger partial charge in [-0.1, -0.05) is 6.07 Å². The van der Waals surface area contributed by atoms with Crippen molar-refractivity contribution in [1.29, 1.82) is 5.26 Å². The van der Waals surface area contributed by atoms with E-state index in [1.165, 1.54) is 0 Å². The fraction of sp³-hybridized carbons (Fsp3) is 0.250. The Morgan fingerprint density at radius 2 is 2.35 bits per heavy atom. The fourth-order valence-corrected chi connectivity index (χ4v) is 1.49. The first-order valence-electron chi connectivity index (χ1n) is 5.45. The molecule has 0 aromatic carbocycles. The number of imidazole rings is 1. The number of aryl methyl sites for hydroxylation is 1. The van der Waals surface area contributed by atoms with E-state index in [2.05, 4.69) is 15.3 Å². The minimum Gasteiger partial charge on any atom is -0.370 e. The normalized spacial score (nSPS) is 9.82. The highest BCUT2D eigenvalue weighted by atomic mass is 15.0. The highest BCUT2D eigenvalue weighted by molar-refractivity contribution is 5.38. The Kier molecular flexibility index (Phi) is 3.71. The van der Waals surface area contributed by atoms with E-state index in [9.17, 15) is 0 Å². The van der Waals surface area contributed by atoms with Crippen LogP contribution < -0.4 is 5.32 Å². The van der Waals surface area contributed by atoms with Crippen molar-refractivity contribution in [3.8, 4) is 6.07 Å². The average molecular weight is 227 g/mol. The van der Waals surface area contributed by atoms with Crippen LogP contribution in [-0.4, -0.2) is 21.1 Å². The van der Waals surface area contributed by atoms with Crippen LogP contribution >= 0.6 is 0 Å². The van der Waals surface area contributed by atoms with Crippen molar-refractivity contribution >= 4 is 5.82 Å². The van der Waals surface area contributed by atoms with E-state index in [-0.39, 0.29) is 0 Å². The molecular weight excluding hydrogens is 214 g/mol. The highest BCUT2D eigenvalue weighted by Crippen LogP contribution is 2.03. The van der Waals surface area contributed by atoms with Crippen molar-refractivity contribution in [3.05, 3.63) is 42.6 Å². The number of aromatic nitrogens is 3. The molecule has 2 aromatic heterocycles. The number of nitrogens with one attached hydrogen (secondary N) is 1. The van der Waals surface area contributed by atoms with Gasteiger partial charge in [0, 0.05) is 25.5 Å². The second-order valence-corrected chi connectivity index (χ2v) is 3.60. The van der Waals surface area contributed by atoms with Crippen LogP contribution in [0.25, 0.3) is 0 Å². The molecule has 2 rings (SSSR count). The van der Waals surface area contributed by atoms with Crippen molar-refractivity contribution in [2.45, 2.75) is 13.0 Å². The van der Waals surface area contributed by atoms with E-state index in [1.54, 1.807) is 18.6 Å². The maximum atomic E-state index is 8.71. The standard InChI is InChI=1S/C12H13N5/c13-9-11-3-1-4-12(16-11)15-5-2-7-17-8-6-14-10-17/h1,3-4,6,8,10H,2,5,7H2,(H,15,16). The van der Waals surface area contributed by atoms with E-state index < -0.39 is 0 Å². The van der Waals surface area contributed by atoms with E-state index in [0.717, 1.165) is 25.3 Å². The smallest absolute Gasteiger partial charge is 0.142 e. The summed E-state index contributed by atoms with van der Waals surface area (Å²) in [4.78, 5) is 8.11. The summed E-state index contributed by atoms with van der Waals surface area (Å²) < 4.78 is 2.03. The molecule has 0 atom stereocenters. The first kappa shape index (κ1) is 11.1.